The summed E-state index contributed by atoms with van der Waals surface area (Å²) < 4.78 is 46.1. The van der Waals surface area contributed by atoms with E-state index in [1.807, 2.05) is 0 Å². The Kier molecular flexibility index (Phi) is 6.03. The number of aromatic nitrogens is 3. The molecule has 0 atom stereocenters. The van der Waals surface area contributed by atoms with Crippen LogP contribution in [-0.4, -0.2) is 27.8 Å². The molecular formula is C22H15ClF3N3O2S. The first-order valence-corrected chi connectivity index (χ1v) is 10.5. The van der Waals surface area contributed by atoms with E-state index in [1.54, 1.807) is 54.9 Å². The average molecular weight is 478 g/mol. The molecule has 0 aliphatic rings. The number of nitrogens with zero attached hydrogens (tertiary/aromatic N) is 3. The van der Waals surface area contributed by atoms with Gasteiger partial charge in [-0.3, -0.25) is 9.78 Å². The standard InChI is InChI=1S/C22H15ClF3N3O2S/c1-31-21(30)9-13-8-14(12-27-11-13)18-6-7-19(32-18)17-10-20(22(24,25)26)28-29(17)16-5-3-2-4-15(16)23/h2-8,10-12H,9H2,1H3. The van der Waals surface area contributed by atoms with Crippen LogP contribution in [0.25, 0.3) is 26.7 Å². The summed E-state index contributed by atoms with van der Waals surface area (Å²) in [7, 11) is 1.31. The fraction of sp³-hybridized carbons (Fsp3) is 0.136. The van der Waals surface area contributed by atoms with Gasteiger partial charge in [-0.25, -0.2) is 4.68 Å². The number of hydrogen-bond donors (Lipinski definition) is 0. The van der Waals surface area contributed by atoms with Crippen LogP contribution in [0.2, 0.25) is 5.02 Å². The van der Waals surface area contributed by atoms with E-state index in [-0.39, 0.29) is 23.1 Å². The zero-order valence-corrected chi connectivity index (χ0v) is 18.1. The third kappa shape index (κ3) is 4.53. The van der Waals surface area contributed by atoms with Crippen molar-refractivity contribution in [1.82, 2.24) is 14.8 Å². The highest BCUT2D eigenvalue weighted by Crippen LogP contribution is 2.39. The number of esters is 1. The van der Waals surface area contributed by atoms with Gasteiger partial charge in [0.15, 0.2) is 5.69 Å². The number of thiophene rings is 1. The molecule has 5 nitrogen and oxygen atoms in total. The Bertz CT molecular complexity index is 1280. The maximum absolute atomic E-state index is 13.4. The zero-order valence-electron chi connectivity index (χ0n) is 16.6. The van der Waals surface area contributed by atoms with Gasteiger partial charge in [-0.2, -0.15) is 18.3 Å². The summed E-state index contributed by atoms with van der Waals surface area (Å²) in [5, 5.41) is 4.06. The summed E-state index contributed by atoms with van der Waals surface area (Å²) >= 11 is 7.51. The molecule has 0 radical (unpaired) electrons. The molecule has 0 bridgehead atoms. The number of benzene rings is 1. The van der Waals surface area contributed by atoms with Gasteiger partial charge in [0.2, 0.25) is 0 Å². The van der Waals surface area contributed by atoms with Crippen LogP contribution < -0.4 is 0 Å². The maximum Gasteiger partial charge on any atom is 0.435 e. The maximum atomic E-state index is 13.4. The van der Waals surface area contributed by atoms with Crippen molar-refractivity contribution >= 4 is 28.9 Å². The van der Waals surface area contributed by atoms with Crippen LogP contribution in [0.5, 0.6) is 0 Å². The lowest BCUT2D eigenvalue weighted by molar-refractivity contribution is -0.141. The third-order valence-electron chi connectivity index (χ3n) is 4.59. The van der Waals surface area contributed by atoms with E-state index in [0.717, 1.165) is 16.5 Å². The fourth-order valence-corrected chi connectivity index (χ4v) is 4.30. The lowest BCUT2D eigenvalue weighted by atomic mass is 10.1. The van der Waals surface area contributed by atoms with Crippen LogP contribution in [0.1, 0.15) is 11.3 Å². The molecule has 0 amide bonds. The number of methoxy groups -OCH3 is 1. The second kappa shape index (κ2) is 8.76. The van der Waals surface area contributed by atoms with Gasteiger partial charge in [0, 0.05) is 22.8 Å². The molecule has 4 rings (SSSR count). The Morgan fingerprint density at radius 3 is 2.59 bits per heavy atom. The van der Waals surface area contributed by atoms with Crippen molar-refractivity contribution in [2.45, 2.75) is 12.6 Å². The van der Waals surface area contributed by atoms with Gasteiger partial charge in [0.25, 0.3) is 0 Å². The number of carbonyl (C=O) groups is 1. The molecule has 0 aliphatic heterocycles. The summed E-state index contributed by atoms with van der Waals surface area (Å²) in [6.45, 7) is 0. The number of rotatable bonds is 5. The highest BCUT2D eigenvalue weighted by atomic mass is 35.5. The molecule has 0 unspecified atom stereocenters. The lowest BCUT2D eigenvalue weighted by Crippen LogP contribution is -2.07. The van der Waals surface area contributed by atoms with E-state index in [0.29, 0.717) is 16.1 Å². The van der Waals surface area contributed by atoms with E-state index >= 15 is 0 Å². The Hall–Kier alpha value is -3.17. The lowest BCUT2D eigenvalue weighted by Gasteiger charge is -2.08. The summed E-state index contributed by atoms with van der Waals surface area (Å²) in [5.74, 6) is -0.390. The molecule has 0 spiro atoms. The minimum absolute atomic E-state index is 0.0732. The number of alkyl halides is 3. The zero-order chi connectivity index (χ0) is 22.9. The van der Waals surface area contributed by atoms with Crippen LogP contribution in [0.4, 0.5) is 13.2 Å². The summed E-state index contributed by atoms with van der Waals surface area (Å²) in [5.41, 5.74) is 1.01. The summed E-state index contributed by atoms with van der Waals surface area (Å²) in [4.78, 5) is 17.0. The van der Waals surface area contributed by atoms with E-state index in [1.165, 1.54) is 23.1 Å². The number of halogens is 4. The minimum atomic E-state index is -4.60. The van der Waals surface area contributed by atoms with E-state index in [4.69, 9.17) is 11.6 Å². The SMILES string of the molecule is COC(=O)Cc1cncc(-c2ccc(-c3cc(C(F)(F)F)nn3-c3ccccc3Cl)s2)c1. The van der Waals surface area contributed by atoms with Crippen LogP contribution in [0, 0.1) is 0 Å². The van der Waals surface area contributed by atoms with Crippen molar-refractivity contribution in [3.63, 3.8) is 0 Å². The number of carbonyl (C=O) groups excluding carboxylic acids is 1. The largest absolute Gasteiger partial charge is 0.469 e. The van der Waals surface area contributed by atoms with Crippen LogP contribution in [0.15, 0.2) is 60.9 Å². The van der Waals surface area contributed by atoms with Crippen molar-refractivity contribution in [2.24, 2.45) is 0 Å². The second-order valence-electron chi connectivity index (χ2n) is 6.77. The summed E-state index contributed by atoms with van der Waals surface area (Å²) in [6, 6.07) is 12.9. The first kappa shape index (κ1) is 22.0. The highest BCUT2D eigenvalue weighted by Gasteiger charge is 2.35. The van der Waals surface area contributed by atoms with Gasteiger partial charge in [-0.05, 0) is 42.0 Å². The topological polar surface area (TPSA) is 57.0 Å². The Balaban J connectivity index is 1.76. The quantitative estimate of drug-likeness (QED) is 0.328. The van der Waals surface area contributed by atoms with Crippen molar-refractivity contribution in [1.29, 1.82) is 0 Å². The molecule has 0 fully saturated rings. The molecule has 3 aromatic heterocycles. The fourth-order valence-electron chi connectivity index (χ4n) is 3.09. The number of ether oxygens (including phenoxy) is 1. The van der Waals surface area contributed by atoms with E-state index < -0.39 is 11.9 Å². The Labute approximate surface area is 190 Å². The van der Waals surface area contributed by atoms with Crippen molar-refractivity contribution in [2.75, 3.05) is 7.11 Å². The highest BCUT2D eigenvalue weighted by molar-refractivity contribution is 7.18. The molecule has 4 aromatic rings. The van der Waals surface area contributed by atoms with Gasteiger partial charge in [-0.1, -0.05) is 23.7 Å². The molecule has 164 valence electrons. The van der Waals surface area contributed by atoms with Gasteiger partial charge >= 0.3 is 12.1 Å². The second-order valence-corrected chi connectivity index (χ2v) is 8.27. The Morgan fingerprint density at radius 1 is 1.12 bits per heavy atom. The van der Waals surface area contributed by atoms with Gasteiger partial charge in [0.1, 0.15) is 0 Å². The minimum Gasteiger partial charge on any atom is -0.469 e. The van der Waals surface area contributed by atoms with E-state index in [9.17, 15) is 18.0 Å². The van der Waals surface area contributed by atoms with Gasteiger partial charge < -0.3 is 4.74 Å². The Morgan fingerprint density at radius 2 is 1.88 bits per heavy atom. The molecule has 0 N–H and O–H groups in total. The number of hydrogen-bond acceptors (Lipinski definition) is 5. The average Bonchev–Trinajstić information content (AvgIpc) is 3.41. The first-order valence-electron chi connectivity index (χ1n) is 9.30. The van der Waals surface area contributed by atoms with Gasteiger partial charge in [0.05, 0.1) is 34.8 Å². The summed E-state index contributed by atoms with van der Waals surface area (Å²) in [6.07, 6.45) is -1.34. The van der Waals surface area contributed by atoms with Crippen LogP contribution in [0.3, 0.4) is 0 Å². The van der Waals surface area contributed by atoms with Crippen molar-refractivity contribution < 1.29 is 22.7 Å². The van der Waals surface area contributed by atoms with Crippen LogP contribution in [-0.2, 0) is 22.1 Å². The smallest absolute Gasteiger partial charge is 0.435 e. The predicted molar refractivity (Wildman–Crippen MR) is 116 cm³/mol. The molecular weight excluding hydrogens is 463 g/mol. The van der Waals surface area contributed by atoms with Crippen LogP contribution >= 0.6 is 22.9 Å². The molecule has 0 saturated carbocycles. The van der Waals surface area contributed by atoms with Crippen molar-refractivity contribution in [3.05, 3.63) is 77.2 Å². The molecule has 32 heavy (non-hydrogen) atoms. The van der Waals surface area contributed by atoms with Crippen molar-refractivity contribution in [3.8, 4) is 26.7 Å². The van der Waals surface area contributed by atoms with Gasteiger partial charge in [-0.15, -0.1) is 11.3 Å². The predicted octanol–water partition coefficient (Wildman–Crippen LogP) is 6.05. The monoisotopic (exact) mass is 477 g/mol. The molecule has 1 aromatic carbocycles. The molecule has 10 heteroatoms. The first-order chi connectivity index (χ1) is 15.3. The molecule has 0 aliphatic carbocycles. The third-order valence-corrected chi connectivity index (χ3v) is 6.07. The number of para-hydroxylation sites is 1. The normalized spacial score (nSPS) is 11.5. The molecule has 3 heterocycles. The van der Waals surface area contributed by atoms with E-state index in [2.05, 4.69) is 14.8 Å². The molecule has 0 saturated heterocycles. The number of pyridine rings is 1.